The molecule has 1 atom stereocenters. The second-order valence-electron chi connectivity index (χ2n) is 4.47. The SMILES string of the molecule is CC(C)C(=O)[C@@H](c1ccc(F)cc1)N(C)C. The van der Waals surface area contributed by atoms with Gasteiger partial charge in [0.1, 0.15) is 5.82 Å². The molecule has 88 valence electrons. The van der Waals surface area contributed by atoms with E-state index in [9.17, 15) is 9.18 Å². The number of nitrogens with zero attached hydrogens (tertiary/aromatic N) is 1. The monoisotopic (exact) mass is 223 g/mol. The van der Waals surface area contributed by atoms with Gasteiger partial charge < -0.3 is 0 Å². The lowest BCUT2D eigenvalue weighted by atomic mass is 9.94. The van der Waals surface area contributed by atoms with Crippen LogP contribution in [0.25, 0.3) is 0 Å². The minimum atomic E-state index is -0.291. The molecule has 0 unspecified atom stereocenters. The number of halogens is 1. The predicted octanol–water partition coefficient (Wildman–Crippen LogP) is 2.65. The van der Waals surface area contributed by atoms with Gasteiger partial charge in [-0.2, -0.15) is 0 Å². The van der Waals surface area contributed by atoms with Crippen LogP contribution in [0.5, 0.6) is 0 Å². The summed E-state index contributed by atoms with van der Waals surface area (Å²) in [5, 5.41) is 0. The van der Waals surface area contributed by atoms with E-state index in [1.54, 1.807) is 12.1 Å². The highest BCUT2D eigenvalue weighted by Gasteiger charge is 2.24. The molecule has 0 bridgehead atoms. The van der Waals surface area contributed by atoms with Crippen molar-refractivity contribution in [3.8, 4) is 0 Å². The lowest BCUT2D eigenvalue weighted by molar-refractivity contribution is -0.126. The molecule has 0 saturated heterocycles. The average molecular weight is 223 g/mol. The molecule has 0 N–H and O–H groups in total. The summed E-state index contributed by atoms with van der Waals surface area (Å²) in [5.74, 6) is -0.160. The molecule has 1 aromatic carbocycles. The molecule has 0 heterocycles. The summed E-state index contributed by atoms with van der Waals surface area (Å²) in [6, 6.07) is 5.82. The molecule has 0 aliphatic heterocycles. The van der Waals surface area contributed by atoms with E-state index < -0.39 is 0 Å². The maximum absolute atomic E-state index is 12.8. The fourth-order valence-electron chi connectivity index (χ4n) is 1.68. The number of ketones is 1. The quantitative estimate of drug-likeness (QED) is 0.782. The standard InChI is InChI=1S/C13H18FNO/c1-9(2)13(16)12(15(3)4)10-5-7-11(14)8-6-10/h5-9,12H,1-4H3/t12-/m1/s1. The van der Waals surface area contributed by atoms with Gasteiger partial charge in [-0.3, -0.25) is 9.69 Å². The minimum Gasteiger partial charge on any atom is -0.297 e. The van der Waals surface area contributed by atoms with Crippen LogP contribution in [0.15, 0.2) is 24.3 Å². The molecule has 16 heavy (non-hydrogen) atoms. The van der Waals surface area contributed by atoms with Gasteiger partial charge >= 0.3 is 0 Å². The number of Topliss-reactive ketones (excluding diaryl/α,β-unsaturated/α-hetero) is 1. The number of carbonyl (C=O) groups excluding carboxylic acids is 1. The third-order valence-electron chi connectivity index (χ3n) is 2.54. The zero-order valence-corrected chi connectivity index (χ0v) is 10.2. The van der Waals surface area contributed by atoms with Gasteiger partial charge in [-0.1, -0.05) is 26.0 Å². The first-order chi connectivity index (χ1) is 7.43. The van der Waals surface area contributed by atoms with E-state index in [2.05, 4.69) is 0 Å². The molecule has 3 heteroatoms. The van der Waals surface area contributed by atoms with Gasteiger partial charge in [0, 0.05) is 5.92 Å². The third kappa shape index (κ3) is 2.89. The van der Waals surface area contributed by atoms with Crippen molar-refractivity contribution in [2.45, 2.75) is 19.9 Å². The van der Waals surface area contributed by atoms with Gasteiger partial charge in [0.05, 0.1) is 6.04 Å². The van der Waals surface area contributed by atoms with Gasteiger partial charge in [0.15, 0.2) is 5.78 Å². The van der Waals surface area contributed by atoms with Gasteiger partial charge in [0.25, 0.3) is 0 Å². The van der Waals surface area contributed by atoms with Crippen LogP contribution >= 0.6 is 0 Å². The second kappa shape index (κ2) is 5.21. The van der Waals surface area contributed by atoms with E-state index in [0.717, 1.165) is 5.56 Å². The summed E-state index contributed by atoms with van der Waals surface area (Å²) in [4.78, 5) is 13.9. The molecule has 0 amide bonds. The Morgan fingerprint density at radius 2 is 1.69 bits per heavy atom. The highest BCUT2D eigenvalue weighted by atomic mass is 19.1. The van der Waals surface area contributed by atoms with E-state index in [4.69, 9.17) is 0 Å². The Morgan fingerprint density at radius 1 is 1.19 bits per heavy atom. The van der Waals surface area contributed by atoms with Crippen LogP contribution in [0.2, 0.25) is 0 Å². The Kier molecular flexibility index (Phi) is 4.19. The zero-order chi connectivity index (χ0) is 12.3. The maximum Gasteiger partial charge on any atom is 0.156 e. The molecule has 1 aromatic rings. The van der Waals surface area contributed by atoms with Crippen LogP contribution in [0.4, 0.5) is 4.39 Å². The summed E-state index contributed by atoms with van der Waals surface area (Å²) in [5.41, 5.74) is 0.838. The van der Waals surface area contributed by atoms with Crippen molar-refractivity contribution in [3.05, 3.63) is 35.6 Å². The first kappa shape index (κ1) is 12.8. The third-order valence-corrected chi connectivity index (χ3v) is 2.54. The molecule has 2 nitrogen and oxygen atoms in total. The molecular formula is C13H18FNO. The molecule has 0 spiro atoms. The molecule has 0 aliphatic carbocycles. The highest BCUT2D eigenvalue weighted by Crippen LogP contribution is 2.22. The summed E-state index contributed by atoms with van der Waals surface area (Å²) in [7, 11) is 3.71. The van der Waals surface area contributed by atoms with Crippen molar-refractivity contribution in [2.24, 2.45) is 5.92 Å². The summed E-state index contributed by atoms with van der Waals surface area (Å²) in [6.45, 7) is 3.75. The van der Waals surface area contributed by atoms with Crippen LogP contribution < -0.4 is 0 Å². The van der Waals surface area contributed by atoms with Crippen LogP contribution in [-0.4, -0.2) is 24.8 Å². The maximum atomic E-state index is 12.8. The summed E-state index contributed by atoms with van der Waals surface area (Å²) < 4.78 is 12.8. The van der Waals surface area contributed by atoms with Crippen molar-refractivity contribution in [3.63, 3.8) is 0 Å². The van der Waals surface area contributed by atoms with Crippen molar-refractivity contribution >= 4 is 5.78 Å². The normalized spacial score (nSPS) is 13.2. The average Bonchev–Trinajstić information content (AvgIpc) is 2.20. The van der Waals surface area contributed by atoms with Gasteiger partial charge in [-0.25, -0.2) is 4.39 Å². The van der Waals surface area contributed by atoms with Gasteiger partial charge in [-0.15, -0.1) is 0 Å². The Hall–Kier alpha value is -1.22. The van der Waals surface area contributed by atoms with Crippen molar-refractivity contribution < 1.29 is 9.18 Å². The number of likely N-dealkylation sites (N-methyl/N-ethyl adjacent to an activating group) is 1. The number of benzene rings is 1. The van der Waals surface area contributed by atoms with E-state index in [0.29, 0.717) is 0 Å². The fourth-order valence-corrected chi connectivity index (χ4v) is 1.68. The van der Waals surface area contributed by atoms with Gasteiger partial charge in [-0.05, 0) is 31.8 Å². The van der Waals surface area contributed by atoms with E-state index in [1.807, 2.05) is 32.8 Å². The topological polar surface area (TPSA) is 20.3 Å². The summed E-state index contributed by atoms with van der Waals surface area (Å²) >= 11 is 0. The smallest absolute Gasteiger partial charge is 0.156 e. The largest absolute Gasteiger partial charge is 0.297 e. The molecular weight excluding hydrogens is 205 g/mol. The molecule has 0 saturated carbocycles. The van der Waals surface area contributed by atoms with Crippen molar-refractivity contribution in [2.75, 3.05) is 14.1 Å². The Morgan fingerprint density at radius 3 is 2.06 bits per heavy atom. The Balaban J connectivity index is 3.03. The predicted molar refractivity (Wildman–Crippen MR) is 62.7 cm³/mol. The molecule has 1 rings (SSSR count). The van der Waals surface area contributed by atoms with E-state index in [1.165, 1.54) is 12.1 Å². The molecule has 0 aromatic heterocycles. The fraction of sp³-hybridized carbons (Fsp3) is 0.462. The van der Waals surface area contributed by atoms with Crippen LogP contribution in [0, 0.1) is 11.7 Å². The van der Waals surface area contributed by atoms with Crippen LogP contribution in [0.3, 0.4) is 0 Å². The lowest BCUT2D eigenvalue weighted by Gasteiger charge is -2.25. The number of carbonyl (C=O) groups is 1. The highest BCUT2D eigenvalue weighted by molar-refractivity contribution is 5.86. The zero-order valence-electron chi connectivity index (χ0n) is 10.2. The molecule has 0 aliphatic rings. The lowest BCUT2D eigenvalue weighted by Crippen LogP contribution is -2.30. The molecule has 0 fully saturated rings. The summed E-state index contributed by atoms with van der Waals surface area (Å²) in [6.07, 6.45) is 0. The first-order valence-corrected chi connectivity index (χ1v) is 5.39. The first-order valence-electron chi connectivity index (χ1n) is 5.39. The van der Waals surface area contributed by atoms with Crippen LogP contribution in [-0.2, 0) is 4.79 Å². The van der Waals surface area contributed by atoms with Crippen molar-refractivity contribution in [1.29, 1.82) is 0 Å². The minimum absolute atomic E-state index is 0.0301. The number of rotatable bonds is 4. The van der Waals surface area contributed by atoms with E-state index >= 15 is 0 Å². The Labute approximate surface area is 96.1 Å². The second-order valence-corrected chi connectivity index (χ2v) is 4.47. The van der Waals surface area contributed by atoms with Crippen LogP contribution in [0.1, 0.15) is 25.5 Å². The number of hydrogen-bond donors (Lipinski definition) is 0. The van der Waals surface area contributed by atoms with Gasteiger partial charge in [0.2, 0.25) is 0 Å². The molecule has 0 radical (unpaired) electrons. The van der Waals surface area contributed by atoms with Crippen molar-refractivity contribution in [1.82, 2.24) is 4.90 Å². The Bertz CT molecular complexity index is 357. The number of hydrogen-bond acceptors (Lipinski definition) is 2. The van der Waals surface area contributed by atoms with E-state index in [-0.39, 0.29) is 23.6 Å².